The first-order valence-electron chi connectivity index (χ1n) is 14.1. The van der Waals surface area contributed by atoms with Crippen LogP contribution in [0, 0.1) is 45.8 Å². The lowest BCUT2D eigenvalue weighted by molar-refractivity contribution is -0.211. The van der Waals surface area contributed by atoms with Gasteiger partial charge in [-0.05, 0) is 30.7 Å². The Labute approximate surface area is 234 Å². The van der Waals surface area contributed by atoms with E-state index in [9.17, 15) is 24.3 Å². The van der Waals surface area contributed by atoms with Gasteiger partial charge in [-0.3, -0.25) is 14.4 Å². The van der Waals surface area contributed by atoms with Gasteiger partial charge in [0.05, 0.1) is 37.9 Å². The van der Waals surface area contributed by atoms with Gasteiger partial charge in [-0.1, -0.05) is 53.2 Å². The first kappa shape index (κ1) is 28.6. The average molecular weight is 557 g/mol. The van der Waals surface area contributed by atoms with Gasteiger partial charge in [-0.2, -0.15) is 0 Å². The number of aliphatic hydroxyl groups is 1. The minimum Gasteiger partial charge on any atom is -0.472 e. The average Bonchev–Trinajstić information content (AvgIpc) is 3.42. The largest absolute Gasteiger partial charge is 0.472 e. The molecule has 218 valence electrons. The van der Waals surface area contributed by atoms with E-state index in [0.29, 0.717) is 12.8 Å². The number of ketones is 1. The van der Waals surface area contributed by atoms with Gasteiger partial charge in [0.1, 0.15) is 18.0 Å². The fraction of sp³-hybridized carbons (Fsp3) is 0.677. The quantitative estimate of drug-likeness (QED) is 0.322. The maximum atomic E-state index is 14.4. The molecule has 1 aliphatic heterocycles. The molecule has 5 rings (SSSR count). The third-order valence-electron chi connectivity index (χ3n) is 10.5. The summed E-state index contributed by atoms with van der Waals surface area (Å²) in [5, 5.41) is 11.4. The predicted molar refractivity (Wildman–Crippen MR) is 141 cm³/mol. The van der Waals surface area contributed by atoms with E-state index in [1.54, 1.807) is 32.4 Å². The Morgan fingerprint density at radius 2 is 1.80 bits per heavy atom. The molecule has 3 aliphatic carbocycles. The zero-order valence-corrected chi connectivity index (χ0v) is 24.3. The first-order chi connectivity index (χ1) is 18.7. The van der Waals surface area contributed by atoms with Gasteiger partial charge >= 0.3 is 17.9 Å². The molecule has 40 heavy (non-hydrogen) atoms. The summed E-state index contributed by atoms with van der Waals surface area (Å²) in [5.41, 5.74) is -0.878. The van der Waals surface area contributed by atoms with Gasteiger partial charge in [0, 0.05) is 27.7 Å². The smallest absolute Gasteiger partial charge is 0.335 e. The molecule has 4 aliphatic rings. The fourth-order valence-electron chi connectivity index (χ4n) is 8.62. The predicted octanol–water partition coefficient (Wildman–Crippen LogP) is 4.19. The first-order valence-corrected chi connectivity index (χ1v) is 14.1. The number of carbonyl (C=O) groups is 4. The van der Waals surface area contributed by atoms with Crippen molar-refractivity contribution in [3.8, 4) is 0 Å². The second-order valence-corrected chi connectivity index (χ2v) is 13.4. The van der Waals surface area contributed by atoms with E-state index >= 15 is 0 Å². The second-order valence-electron chi connectivity index (χ2n) is 13.4. The standard InChI is InChI=1S/C31H40O9/c1-15(2)27(35)40-26-18-12-17-19(31(6,24(18)34)23(29(26,3)4)22(33)28(36)37-7)8-10-30(5)20(17)13-21(32)39-25(30)16-9-11-38-14-16/h9,11-12,14-15,18-20,22-23,25-26,33H,8,10,13H2,1-7H3/t18-,19+,20+,22-,23+,25+,26-,30-,31-/m1/s1. The molecule has 2 heterocycles. The maximum absolute atomic E-state index is 14.4. The molecule has 9 nitrogen and oxygen atoms in total. The van der Waals surface area contributed by atoms with Gasteiger partial charge in [0.2, 0.25) is 0 Å². The summed E-state index contributed by atoms with van der Waals surface area (Å²) >= 11 is 0. The zero-order valence-electron chi connectivity index (χ0n) is 24.3. The van der Waals surface area contributed by atoms with Crippen LogP contribution in [0.2, 0.25) is 0 Å². The summed E-state index contributed by atoms with van der Waals surface area (Å²) in [6.45, 7) is 11.1. The van der Waals surface area contributed by atoms with Crippen LogP contribution >= 0.6 is 0 Å². The number of carbonyl (C=O) groups excluding carboxylic acids is 4. The number of methoxy groups -OCH3 is 1. The van der Waals surface area contributed by atoms with Crippen molar-refractivity contribution in [3.05, 3.63) is 35.8 Å². The van der Waals surface area contributed by atoms with Crippen molar-refractivity contribution in [2.45, 2.75) is 79.1 Å². The SMILES string of the molecule is COC(=O)[C@H](O)[C@H]1C(C)(C)[C@H](OC(=O)C(C)C)[C@@H]2C=C3[C@@H]4CC(=O)O[C@@H](c5ccoc5)[C@]4(C)CC[C@@H]3[C@@]1(C)C2=O. The maximum Gasteiger partial charge on any atom is 0.335 e. The number of hydrogen-bond acceptors (Lipinski definition) is 9. The highest BCUT2D eigenvalue weighted by atomic mass is 16.6. The van der Waals surface area contributed by atoms with Crippen LogP contribution in [0.25, 0.3) is 0 Å². The summed E-state index contributed by atoms with van der Waals surface area (Å²) in [6, 6.07) is 1.80. The highest BCUT2D eigenvalue weighted by molar-refractivity contribution is 5.94. The lowest BCUT2D eigenvalue weighted by atomic mass is 9.40. The topological polar surface area (TPSA) is 129 Å². The molecule has 9 atom stereocenters. The molecular formula is C31H40O9. The monoisotopic (exact) mass is 556 g/mol. The molecule has 0 aromatic carbocycles. The number of allylic oxidation sites excluding steroid dienone is 1. The number of hydrogen-bond donors (Lipinski definition) is 1. The number of fused-ring (bicyclic) bond motifs is 6. The molecular weight excluding hydrogens is 516 g/mol. The number of furan rings is 1. The lowest BCUT2D eigenvalue weighted by Crippen LogP contribution is -2.69. The Balaban J connectivity index is 1.69. The van der Waals surface area contributed by atoms with E-state index in [0.717, 1.165) is 11.1 Å². The molecule has 2 bridgehead atoms. The molecule has 1 saturated heterocycles. The summed E-state index contributed by atoms with van der Waals surface area (Å²) in [4.78, 5) is 53.2. The summed E-state index contributed by atoms with van der Waals surface area (Å²) < 4.78 is 22.2. The molecule has 0 radical (unpaired) electrons. The Morgan fingerprint density at radius 1 is 1.10 bits per heavy atom. The van der Waals surface area contributed by atoms with Crippen LogP contribution in [-0.4, -0.2) is 48.1 Å². The van der Waals surface area contributed by atoms with Gasteiger partial charge in [0.25, 0.3) is 0 Å². The van der Waals surface area contributed by atoms with Crippen molar-refractivity contribution in [1.82, 2.24) is 0 Å². The summed E-state index contributed by atoms with van der Waals surface area (Å²) in [5.74, 6) is -4.50. The van der Waals surface area contributed by atoms with E-state index in [1.807, 2.05) is 26.8 Å². The van der Waals surface area contributed by atoms with E-state index in [-0.39, 0.29) is 30.0 Å². The number of ether oxygens (including phenoxy) is 3. The van der Waals surface area contributed by atoms with Gasteiger partial charge < -0.3 is 23.7 Å². The Bertz CT molecular complexity index is 1240. The van der Waals surface area contributed by atoms with Crippen molar-refractivity contribution < 1.29 is 42.9 Å². The minimum absolute atomic E-state index is 0.147. The van der Waals surface area contributed by atoms with Crippen molar-refractivity contribution in [3.63, 3.8) is 0 Å². The summed E-state index contributed by atoms with van der Waals surface area (Å²) in [6.07, 6.45) is 3.43. The molecule has 0 amide bonds. The number of esters is 3. The molecule has 0 unspecified atom stereocenters. The van der Waals surface area contributed by atoms with Crippen LogP contribution in [0.4, 0.5) is 0 Å². The molecule has 1 aromatic heterocycles. The number of Topliss-reactive ketones (excluding diaryl/α,β-unsaturated/α-hetero) is 1. The third-order valence-corrected chi connectivity index (χ3v) is 10.5. The van der Waals surface area contributed by atoms with Gasteiger partial charge in [-0.25, -0.2) is 4.79 Å². The van der Waals surface area contributed by atoms with Crippen LogP contribution in [0.3, 0.4) is 0 Å². The van der Waals surface area contributed by atoms with Crippen LogP contribution in [0.5, 0.6) is 0 Å². The van der Waals surface area contributed by atoms with Crippen LogP contribution in [0.15, 0.2) is 34.7 Å². The number of aliphatic hydroxyl groups excluding tert-OH is 1. The lowest BCUT2D eigenvalue weighted by Gasteiger charge is -2.64. The number of cyclic esters (lactones) is 1. The minimum atomic E-state index is -1.61. The van der Waals surface area contributed by atoms with Crippen molar-refractivity contribution in [2.75, 3.05) is 7.11 Å². The highest BCUT2D eigenvalue weighted by Crippen LogP contribution is 2.68. The van der Waals surface area contributed by atoms with E-state index in [1.165, 1.54) is 7.11 Å². The van der Waals surface area contributed by atoms with Gasteiger partial charge in [0.15, 0.2) is 6.10 Å². The second kappa shape index (κ2) is 9.57. The van der Waals surface area contributed by atoms with Crippen LogP contribution in [-0.2, 0) is 33.4 Å². The molecule has 0 spiro atoms. The van der Waals surface area contributed by atoms with Crippen molar-refractivity contribution in [2.24, 2.45) is 45.8 Å². The third kappa shape index (κ3) is 3.90. The Kier molecular flexibility index (Phi) is 6.84. The van der Waals surface area contributed by atoms with E-state index < -0.39 is 64.2 Å². The zero-order chi connectivity index (χ0) is 29.4. The molecule has 1 aromatic rings. The number of rotatable bonds is 5. The van der Waals surface area contributed by atoms with Gasteiger partial charge in [-0.15, -0.1) is 0 Å². The fourth-order valence-corrected chi connectivity index (χ4v) is 8.62. The molecule has 1 N–H and O–H groups in total. The Hall–Kier alpha value is -2.94. The Morgan fingerprint density at radius 3 is 2.40 bits per heavy atom. The molecule has 3 fully saturated rings. The molecule has 9 heteroatoms. The van der Waals surface area contributed by atoms with Crippen molar-refractivity contribution >= 4 is 23.7 Å². The molecule has 2 saturated carbocycles. The van der Waals surface area contributed by atoms with Crippen molar-refractivity contribution in [1.29, 1.82) is 0 Å². The van der Waals surface area contributed by atoms with Crippen LogP contribution < -0.4 is 0 Å². The van der Waals surface area contributed by atoms with Crippen LogP contribution in [0.1, 0.15) is 72.5 Å². The van der Waals surface area contributed by atoms with E-state index in [4.69, 9.17) is 18.6 Å². The normalized spacial score (nSPS) is 38.9. The summed E-state index contributed by atoms with van der Waals surface area (Å²) in [7, 11) is 1.20. The highest BCUT2D eigenvalue weighted by Gasteiger charge is 2.70. The van der Waals surface area contributed by atoms with E-state index in [2.05, 4.69) is 6.92 Å².